The lowest BCUT2D eigenvalue weighted by Crippen LogP contribution is -2.33. The van der Waals surface area contributed by atoms with Gasteiger partial charge in [0.15, 0.2) is 0 Å². The number of anilines is 2. The van der Waals surface area contributed by atoms with Crippen molar-refractivity contribution in [1.82, 2.24) is 14.2 Å². The molecule has 210 valence electrons. The van der Waals surface area contributed by atoms with Crippen LogP contribution in [0.2, 0.25) is 4.34 Å². The zero-order valence-electron chi connectivity index (χ0n) is 21.7. The average molecular weight is 600 g/mol. The van der Waals surface area contributed by atoms with E-state index in [4.69, 9.17) is 11.6 Å². The van der Waals surface area contributed by atoms with E-state index < -0.39 is 16.1 Å². The summed E-state index contributed by atoms with van der Waals surface area (Å²) >= 11 is 6.64. The van der Waals surface area contributed by atoms with Gasteiger partial charge in [0, 0.05) is 35.2 Å². The van der Waals surface area contributed by atoms with E-state index in [9.17, 15) is 18.0 Å². The first-order chi connectivity index (χ1) is 19.3. The van der Waals surface area contributed by atoms with Crippen molar-refractivity contribution in [3.63, 3.8) is 0 Å². The number of rotatable bonds is 9. The van der Waals surface area contributed by atoms with Gasteiger partial charge >= 0.3 is 6.03 Å². The molecule has 1 aliphatic heterocycles. The third-order valence-corrected chi connectivity index (χ3v) is 9.83. The molecule has 2 amide bonds. The standard InChI is InChI=1S/C28H30ClN5O4S2/c29-25-11-12-26(39-25)40(37,38)32-28(36)31-21-5-8-23(9-6-21)34-18-13-20-19-22(7-10-24(20)27(34)35)30-14-4-17-33-15-2-1-3-16-33/h5-13,18-19,30H,1-4,14-17H2,(H2,31,32,36). The second-order valence-electron chi connectivity index (χ2n) is 9.64. The van der Waals surface area contributed by atoms with Crippen LogP contribution in [0.15, 0.2) is 75.9 Å². The maximum Gasteiger partial charge on any atom is 0.333 e. The van der Waals surface area contributed by atoms with Gasteiger partial charge in [-0.25, -0.2) is 17.9 Å². The van der Waals surface area contributed by atoms with E-state index in [0.29, 0.717) is 21.1 Å². The summed E-state index contributed by atoms with van der Waals surface area (Å²) in [5.74, 6) is 0. The van der Waals surface area contributed by atoms with Crippen molar-refractivity contribution in [3.8, 4) is 5.69 Å². The van der Waals surface area contributed by atoms with Gasteiger partial charge in [-0.05, 0) is 105 Å². The molecule has 1 aliphatic rings. The van der Waals surface area contributed by atoms with E-state index in [1.807, 2.05) is 29.0 Å². The predicted octanol–water partition coefficient (Wildman–Crippen LogP) is 5.50. The molecule has 2 aromatic heterocycles. The second kappa shape index (κ2) is 12.4. The highest BCUT2D eigenvalue weighted by atomic mass is 35.5. The van der Waals surface area contributed by atoms with Gasteiger partial charge in [-0.2, -0.15) is 0 Å². The van der Waals surface area contributed by atoms with E-state index in [1.165, 1.54) is 49.1 Å². The number of fused-ring (bicyclic) bond motifs is 1. The number of nitrogens with one attached hydrogen (secondary N) is 3. The van der Waals surface area contributed by atoms with Crippen LogP contribution in [0, 0.1) is 0 Å². The fourth-order valence-corrected chi connectivity index (χ4v) is 7.15. The number of amides is 2. The zero-order valence-corrected chi connectivity index (χ0v) is 24.1. The Morgan fingerprint density at radius 3 is 2.42 bits per heavy atom. The van der Waals surface area contributed by atoms with Crippen LogP contribution in [0.1, 0.15) is 25.7 Å². The second-order valence-corrected chi connectivity index (χ2v) is 13.3. The van der Waals surface area contributed by atoms with E-state index in [0.717, 1.165) is 41.9 Å². The molecular formula is C28H30ClN5O4S2. The summed E-state index contributed by atoms with van der Waals surface area (Å²) < 4.78 is 28.4. The van der Waals surface area contributed by atoms with Crippen molar-refractivity contribution >= 4 is 61.1 Å². The number of carbonyl (C=O) groups is 1. The molecule has 12 heteroatoms. The molecule has 1 saturated heterocycles. The monoisotopic (exact) mass is 599 g/mol. The number of nitrogens with zero attached hydrogens (tertiary/aromatic N) is 2. The van der Waals surface area contributed by atoms with Crippen LogP contribution in [0.25, 0.3) is 16.5 Å². The number of thiophene rings is 1. The largest absolute Gasteiger partial charge is 0.385 e. The SMILES string of the molecule is O=C(Nc1ccc(-n2ccc3cc(NCCCN4CCCCC4)ccc3c2=O)cc1)NS(=O)(=O)c1ccc(Cl)s1. The highest BCUT2D eigenvalue weighted by molar-refractivity contribution is 7.92. The van der Waals surface area contributed by atoms with Crippen LogP contribution < -0.4 is 20.9 Å². The number of piperidine rings is 1. The summed E-state index contributed by atoms with van der Waals surface area (Å²) in [4.78, 5) is 28.0. The van der Waals surface area contributed by atoms with Crippen molar-refractivity contribution < 1.29 is 13.2 Å². The Labute approximate surface area is 241 Å². The Morgan fingerprint density at radius 1 is 0.950 bits per heavy atom. The molecule has 3 N–H and O–H groups in total. The predicted molar refractivity (Wildman–Crippen MR) is 162 cm³/mol. The maximum absolute atomic E-state index is 13.2. The molecule has 9 nitrogen and oxygen atoms in total. The Kier molecular flexibility index (Phi) is 8.75. The van der Waals surface area contributed by atoms with E-state index in [1.54, 1.807) is 30.5 Å². The number of benzene rings is 2. The third kappa shape index (κ3) is 6.84. The van der Waals surface area contributed by atoms with Crippen LogP contribution in [0.5, 0.6) is 0 Å². The molecule has 0 spiro atoms. The van der Waals surface area contributed by atoms with Gasteiger partial charge in [-0.3, -0.25) is 9.36 Å². The molecule has 0 aliphatic carbocycles. The molecule has 1 fully saturated rings. The normalized spacial score (nSPS) is 14.2. The molecule has 0 unspecified atom stereocenters. The van der Waals surface area contributed by atoms with Crippen molar-refractivity contribution in [2.45, 2.75) is 29.9 Å². The van der Waals surface area contributed by atoms with Crippen LogP contribution in [0.4, 0.5) is 16.2 Å². The van der Waals surface area contributed by atoms with Gasteiger partial charge in [0.25, 0.3) is 15.6 Å². The van der Waals surface area contributed by atoms with Crippen LogP contribution >= 0.6 is 22.9 Å². The molecule has 3 heterocycles. The van der Waals surface area contributed by atoms with Crippen LogP contribution in [-0.2, 0) is 10.0 Å². The lowest BCUT2D eigenvalue weighted by atomic mass is 10.1. The number of halogens is 1. The Morgan fingerprint density at radius 2 is 1.70 bits per heavy atom. The molecular weight excluding hydrogens is 570 g/mol. The fraction of sp³-hybridized carbons (Fsp3) is 0.286. The summed E-state index contributed by atoms with van der Waals surface area (Å²) in [6, 6.07) is 16.1. The lowest BCUT2D eigenvalue weighted by Gasteiger charge is -2.26. The first-order valence-electron chi connectivity index (χ1n) is 13.1. The first kappa shape index (κ1) is 28.2. The molecule has 0 saturated carbocycles. The third-order valence-electron chi connectivity index (χ3n) is 6.78. The maximum atomic E-state index is 13.2. The molecule has 0 atom stereocenters. The number of pyridine rings is 1. The summed E-state index contributed by atoms with van der Waals surface area (Å²) in [6.07, 6.45) is 6.74. The number of hydrogen-bond donors (Lipinski definition) is 3. The highest BCUT2D eigenvalue weighted by Crippen LogP contribution is 2.25. The van der Waals surface area contributed by atoms with Crippen LogP contribution in [-0.4, -0.2) is 50.1 Å². The molecule has 0 bridgehead atoms. The molecule has 40 heavy (non-hydrogen) atoms. The number of urea groups is 1. The minimum atomic E-state index is -4.03. The summed E-state index contributed by atoms with van der Waals surface area (Å²) in [5.41, 5.74) is 1.80. The van der Waals surface area contributed by atoms with Crippen molar-refractivity contribution in [2.24, 2.45) is 0 Å². The topological polar surface area (TPSA) is 113 Å². The number of hydrogen-bond acceptors (Lipinski definition) is 7. The molecule has 4 aromatic rings. The summed E-state index contributed by atoms with van der Waals surface area (Å²) in [7, 11) is -4.03. The van der Waals surface area contributed by atoms with E-state index in [-0.39, 0.29) is 9.77 Å². The van der Waals surface area contributed by atoms with Gasteiger partial charge < -0.3 is 15.5 Å². The summed E-state index contributed by atoms with van der Waals surface area (Å²) in [5, 5.41) is 7.41. The molecule has 5 rings (SSSR count). The number of carbonyl (C=O) groups excluding carboxylic acids is 1. The van der Waals surface area contributed by atoms with Gasteiger partial charge in [-0.15, -0.1) is 11.3 Å². The van der Waals surface area contributed by atoms with Gasteiger partial charge in [0.1, 0.15) is 4.21 Å². The smallest absolute Gasteiger partial charge is 0.333 e. The molecule has 0 radical (unpaired) electrons. The van der Waals surface area contributed by atoms with Crippen molar-refractivity contribution in [2.75, 3.05) is 36.8 Å². The van der Waals surface area contributed by atoms with Crippen molar-refractivity contribution in [1.29, 1.82) is 0 Å². The first-order valence-corrected chi connectivity index (χ1v) is 15.8. The Hall–Kier alpha value is -3.38. The number of aromatic nitrogens is 1. The van der Waals surface area contributed by atoms with Crippen LogP contribution in [0.3, 0.4) is 0 Å². The fourth-order valence-electron chi connectivity index (χ4n) is 4.76. The van der Waals surface area contributed by atoms with E-state index in [2.05, 4.69) is 15.5 Å². The van der Waals surface area contributed by atoms with Gasteiger partial charge in [0.2, 0.25) is 0 Å². The number of likely N-dealkylation sites (tertiary alicyclic amines) is 1. The van der Waals surface area contributed by atoms with Gasteiger partial charge in [-0.1, -0.05) is 18.0 Å². The minimum absolute atomic E-state index is 0.0607. The number of sulfonamides is 1. The highest BCUT2D eigenvalue weighted by Gasteiger charge is 2.20. The Bertz CT molecular complexity index is 1660. The lowest BCUT2D eigenvalue weighted by molar-refractivity contribution is 0.228. The van der Waals surface area contributed by atoms with E-state index >= 15 is 0 Å². The van der Waals surface area contributed by atoms with Crippen molar-refractivity contribution in [3.05, 3.63) is 81.6 Å². The zero-order chi connectivity index (χ0) is 28.1. The molecule has 2 aromatic carbocycles. The summed E-state index contributed by atoms with van der Waals surface area (Å²) in [6.45, 7) is 4.39. The average Bonchev–Trinajstić information content (AvgIpc) is 3.39. The van der Waals surface area contributed by atoms with Gasteiger partial charge in [0.05, 0.1) is 4.34 Å². The quantitative estimate of drug-likeness (QED) is 0.219. The minimum Gasteiger partial charge on any atom is -0.385 e. The Balaban J connectivity index is 1.20.